The molecule has 0 saturated heterocycles. The van der Waals surface area contributed by atoms with Crippen LogP contribution in [0, 0.1) is 5.82 Å². The molecule has 0 saturated carbocycles. The average Bonchev–Trinajstić information content (AvgIpc) is 3.33. The Morgan fingerprint density at radius 1 is 1.09 bits per heavy atom. The van der Waals surface area contributed by atoms with E-state index < -0.39 is 0 Å². The number of hydrogen-bond acceptors (Lipinski definition) is 7. The number of carbonyl (C=O) groups excluding carboxylic acids is 1. The van der Waals surface area contributed by atoms with Crippen LogP contribution in [0.25, 0.3) is 11.4 Å². The fourth-order valence-corrected chi connectivity index (χ4v) is 3.59. The molecule has 2 aromatic carbocycles. The molecule has 182 valence electrons. The Labute approximate surface area is 198 Å². The highest BCUT2D eigenvalue weighted by atomic mass is 19.1. The van der Waals surface area contributed by atoms with E-state index in [-0.39, 0.29) is 24.2 Å². The highest BCUT2D eigenvalue weighted by molar-refractivity contribution is 5.79. The minimum absolute atomic E-state index is 0.0328. The van der Waals surface area contributed by atoms with E-state index in [1.165, 1.54) is 33.5 Å². The SMILES string of the molecule is CC[C@H](C)N(CCc1nc(-c2cc(OC)c(OC)c(OC)c2)no1)C(=O)Cc1ccc(F)cc1. The predicted molar refractivity (Wildman–Crippen MR) is 125 cm³/mol. The van der Waals surface area contributed by atoms with E-state index in [0.717, 1.165) is 12.0 Å². The molecule has 1 aromatic heterocycles. The Bertz CT molecular complexity index is 1080. The Balaban J connectivity index is 1.73. The van der Waals surface area contributed by atoms with Crippen LogP contribution in [-0.2, 0) is 17.6 Å². The van der Waals surface area contributed by atoms with Crippen molar-refractivity contribution in [3.8, 4) is 28.6 Å². The molecule has 0 spiro atoms. The number of rotatable bonds is 11. The quantitative estimate of drug-likeness (QED) is 0.412. The molecule has 1 atom stereocenters. The molecule has 0 N–H and O–H groups in total. The van der Waals surface area contributed by atoms with Crippen molar-refractivity contribution in [2.45, 2.75) is 39.2 Å². The zero-order valence-corrected chi connectivity index (χ0v) is 20.1. The first-order chi connectivity index (χ1) is 16.4. The molecule has 3 rings (SSSR count). The lowest BCUT2D eigenvalue weighted by Gasteiger charge is -2.28. The number of methoxy groups -OCH3 is 3. The number of ether oxygens (including phenoxy) is 3. The molecular weight excluding hydrogens is 441 g/mol. The number of aromatic nitrogens is 2. The molecular formula is C25H30FN3O5. The van der Waals surface area contributed by atoms with E-state index >= 15 is 0 Å². The molecule has 1 amide bonds. The molecule has 3 aromatic rings. The summed E-state index contributed by atoms with van der Waals surface area (Å²) in [7, 11) is 4.61. The second-order valence-electron chi connectivity index (χ2n) is 7.82. The smallest absolute Gasteiger partial charge is 0.228 e. The van der Waals surface area contributed by atoms with Crippen LogP contribution in [-0.4, -0.2) is 54.9 Å². The summed E-state index contributed by atoms with van der Waals surface area (Å²) in [6.45, 7) is 4.45. The van der Waals surface area contributed by atoms with E-state index in [2.05, 4.69) is 10.1 Å². The Kier molecular flexibility index (Phi) is 8.45. The number of amides is 1. The van der Waals surface area contributed by atoms with Gasteiger partial charge >= 0.3 is 0 Å². The van der Waals surface area contributed by atoms with Gasteiger partial charge in [0.2, 0.25) is 23.4 Å². The lowest BCUT2D eigenvalue weighted by molar-refractivity contribution is -0.132. The van der Waals surface area contributed by atoms with Gasteiger partial charge in [-0.1, -0.05) is 24.2 Å². The van der Waals surface area contributed by atoms with Crippen molar-refractivity contribution in [3.05, 3.63) is 53.7 Å². The molecule has 8 nitrogen and oxygen atoms in total. The standard InChI is InChI=1S/C25H30FN3O5/c1-6-16(2)29(23(30)13-17-7-9-19(26)10-8-17)12-11-22-27-25(28-34-22)18-14-20(31-3)24(33-5)21(15-18)32-4/h7-10,14-16H,6,11-13H2,1-5H3/t16-/m0/s1. The average molecular weight is 472 g/mol. The Hall–Kier alpha value is -3.62. The highest BCUT2D eigenvalue weighted by Gasteiger charge is 2.21. The van der Waals surface area contributed by atoms with Crippen molar-refractivity contribution in [1.29, 1.82) is 0 Å². The fourth-order valence-electron chi connectivity index (χ4n) is 3.59. The lowest BCUT2D eigenvalue weighted by atomic mass is 10.1. The van der Waals surface area contributed by atoms with Gasteiger partial charge in [-0.3, -0.25) is 4.79 Å². The van der Waals surface area contributed by atoms with E-state index in [0.29, 0.717) is 47.5 Å². The maximum absolute atomic E-state index is 13.2. The van der Waals surface area contributed by atoms with Crippen LogP contribution in [0.15, 0.2) is 40.9 Å². The van der Waals surface area contributed by atoms with Gasteiger partial charge in [-0.25, -0.2) is 4.39 Å². The number of halogens is 1. The lowest BCUT2D eigenvalue weighted by Crippen LogP contribution is -2.40. The van der Waals surface area contributed by atoms with Crippen molar-refractivity contribution in [2.75, 3.05) is 27.9 Å². The molecule has 34 heavy (non-hydrogen) atoms. The minimum atomic E-state index is -0.325. The Morgan fingerprint density at radius 2 is 1.74 bits per heavy atom. The van der Waals surface area contributed by atoms with Crippen molar-refractivity contribution in [2.24, 2.45) is 0 Å². The monoisotopic (exact) mass is 471 g/mol. The number of carbonyl (C=O) groups is 1. The largest absolute Gasteiger partial charge is 0.493 e. The summed E-state index contributed by atoms with van der Waals surface area (Å²) in [5.41, 5.74) is 1.41. The summed E-state index contributed by atoms with van der Waals surface area (Å²) in [6, 6.07) is 9.50. The normalized spacial score (nSPS) is 11.7. The van der Waals surface area contributed by atoms with Gasteiger partial charge in [0.1, 0.15) is 5.82 Å². The summed E-state index contributed by atoms with van der Waals surface area (Å²) in [5.74, 6) is 1.87. The summed E-state index contributed by atoms with van der Waals surface area (Å²) >= 11 is 0. The van der Waals surface area contributed by atoms with Gasteiger partial charge in [0.25, 0.3) is 0 Å². The molecule has 9 heteroatoms. The van der Waals surface area contributed by atoms with Gasteiger partial charge in [0.05, 0.1) is 27.8 Å². The third-order valence-electron chi connectivity index (χ3n) is 5.67. The molecule has 0 radical (unpaired) electrons. The van der Waals surface area contributed by atoms with Crippen molar-refractivity contribution >= 4 is 5.91 Å². The summed E-state index contributed by atoms with van der Waals surface area (Å²) in [6.07, 6.45) is 1.40. The van der Waals surface area contributed by atoms with Gasteiger partial charge in [-0.15, -0.1) is 0 Å². The van der Waals surface area contributed by atoms with Crippen molar-refractivity contribution in [1.82, 2.24) is 15.0 Å². The van der Waals surface area contributed by atoms with Crippen LogP contribution in [0.1, 0.15) is 31.7 Å². The van der Waals surface area contributed by atoms with Crippen LogP contribution in [0.4, 0.5) is 4.39 Å². The van der Waals surface area contributed by atoms with Gasteiger partial charge in [0.15, 0.2) is 11.5 Å². The molecule has 1 heterocycles. The maximum Gasteiger partial charge on any atom is 0.228 e. The van der Waals surface area contributed by atoms with Crippen LogP contribution in [0.2, 0.25) is 0 Å². The second-order valence-corrected chi connectivity index (χ2v) is 7.82. The van der Waals surface area contributed by atoms with Crippen LogP contribution >= 0.6 is 0 Å². The Morgan fingerprint density at radius 3 is 2.29 bits per heavy atom. The molecule has 0 aliphatic rings. The first-order valence-electron chi connectivity index (χ1n) is 11.1. The maximum atomic E-state index is 13.2. The fraction of sp³-hybridized carbons (Fsp3) is 0.400. The minimum Gasteiger partial charge on any atom is -0.493 e. The van der Waals surface area contributed by atoms with Gasteiger partial charge < -0.3 is 23.6 Å². The van der Waals surface area contributed by atoms with Crippen molar-refractivity contribution < 1.29 is 27.9 Å². The van der Waals surface area contributed by atoms with Crippen LogP contribution in [0.5, 0.6) is 17.2 Å². The van der Waals surface area contributed by atoms with E-state index in [9.17, 15) is 9.18 Å². The van der Waals surface area contributed by atoms with E-state index in [4.69, 9.17) is 18.7 Å². The third-order valence-corrected chi connectivity index (χ3v) is 5.67. The van der Waals surface area contributed by atoms with Gasteiger partial charge in [-0.05, 0) is 43.2 Å². The van der Waals surface area contributed by atoms with Crippen molar-refractivity contribution in [3.63, 3.8) is 0 Å². The summed E-state index contributed by atoms with van der Waals surface area (Å²) in [4.78, 5) is 19.3. The number of benzene rings is 2. The number of hydrogen-bond donors (Lipinski definition) is 0. The molecule has 0 aliphatic heterocycles. The van der Waals surface area contributed by atoms with E-state index in [1.54, 1.807) is 29.2 Å². The predicted octanol–water partition coefficient (Wildman–Crippen LogP) is 4.31. The van der Waals surface area contributed by atoms with Crippen LogP contribution in [0.3, 0.4) is 0 Å². The van der Waals surface area contributed by atoms with Crippen LogP contribution < -0.4 is 14.2 Å². The molecule has 0 unspecified atom stereocenters. The first kappa shape index (κ1) is 25.0. The molecule has 0 bridgehead atoms. The summed E-state index contributed by atoms with van der Waals surface area (Å²) in [5, 5.41) is 4.08. The zero-order valence-electron chi connectivity index (χ0n) is 20.1. The van der Waals surface area contributed by atoms with Gasteiger partial charge in [-0.2, -0.15) is 4.98 Å². The molecule has 0 aliphatic carbocycles. The zero-order chi connectivity index (χ0) is 24.7. The first-order valence-corrected chi connectivity index (χ1v) is 11.1. The third kappa shape index (κ3) is 5.84. The van der Waals surface area contributed by atoms with E-state index in [1.807, 2.05) is 13.8 Å². The highest BCUT2D eigenvalue weighted by Crippen LogP contribution is 2.40. The second kappa shape index (κ2) is 11.5. The van der Waals surface area contributed by atoms with Gasteiger partial charge in [0, 0.05) is 24.6 Å². The number of nitrogens with zero attached hydrogens (tertiary/aromatic N) is 3. The topological polar surface area (TPSA) is 86.9 Å². The molecule has 0 fully saturated rings. The summed E-state index contributed by atoms with van der Waals surface area (Å²) < 4.78 is 34.8.